The van der Waals surface area contributed by atoms with Crippen molar-refractivity contribution in [1.82, 2.24) is 20.6 Å². The van der Waals surface area contributed by atoms with Gasteiger partial charge in [0.1, 0.15) is 6.04 Å². The van der Waals surface area contributed by atoms with Gasteiger partial charge in [0.2, 0.25) is 11.8 Å². The maximum atomic E-state index is 12.3. The van der Waals surface area contributed by atoms with Gasteiger partial charge in [0.05, 0.1) is 13.4 Å². The highest BCUT2D eigenvalue weighted by Gasteiger charge is 2.26. The number of allylic oxidation sites excluding steroid dienone is 9. The Balaban J connectivity index is 1.80. The summed E-state index contributed by atoms with van der Waals surface area (Å²) in [5.41, 5.74) is 5.73. The Bertz CT molecular complexity index is 1120. The van der Waals surface area contributed by atoms with E-state index in [4.69, 9.17) is 4.74 Å². The Hall–Kier alpha value is -3.68. The minimum absolute atomic E-state index is 0.0336. The van der Waals surface area contributed by atoms with Gasteiger partial charge in [-0.15, -0.1) is 0 Å². The van der Waals surface area contributed by atoms with Crippen LogP contribution in [0.25, 0.3) is 0 Å². The fraction of sp³-hybridized carbons (Fsp3) is 0.467. The number of imidazole rings is 1. The van der Waals surface area contributed by atoms with Crippen molar-refractivity contribution in [3.05, 3.63) is 77.0 Å². The first-order chi connectivity index (χ1) is 18.0. The van der Waals surface area contributed by atoms with Crippen LogP contribution in [0.15, 0.2) is 71.3 Å². The molecular weight excluding hydrogens is 480 g/mol. The molecule has 0 aromatic carbocycles. The number of aromatic nitrogens is 2. The SMILES string of the molecule is COC(=O)[C@H](Cc1cnc[nH]1)NC(=O)CCNC(=O)/C=C(C)/C=C/C=C(C)/C=C/C1=C(C)CCCC1(C)C. The highest BCUT2D eigenvalue weighted by Crippen LogP contribution is 2.40. The maximum absolute atomic E-state index is 12.3. The van der Waals surface area contributed by atoms with Gasteiger partial charge in [-0.3, -0.25) is 9.59 Å². The summed E-state index contributed by atoms with van der Waals surface area (Å²) in [6.07, 6.45) is 18.7. The van der Waals surface area contributed by atoms with Crippen LogP contribution in [0.5, 0.6) is 0 Å². The molecule has 1 aliphatic rings. The lowest BCUT2D eigenvalue weighted by Gasteiger charge is -2.32. The Morgan fingerprint density at radius 2 is 1.97 bits per heavy atom. The molecule has 0 unspecified atom stereocenters. The van der Waals surface area contributed by atoms with Crippen molar-refractivity contribution in [2.24, 2.45) is 5.41 Å². The monoisotopic (exact) mass is 522 g/mol. The quantitative estimate of drug-likeness (QED) is 0.210. The van der Waals surface area contributed by atoms with Gasteiger partial charge in [0.15, 0.2) is 0 Å². The molecule has 0 spiro atoms. The Kier molecular flexibility index (Phi) is 12.0. The first-order valence-electron chi connectivity index (χ1n) is 13.1. The molecule has 1 aromatic heterocycles. The van der Waals surface area contributed by atoms with Crippen molar-refractivity contribution in [2.45, 2.75) is 72.8 Å². The minimum Gasteiger partial charge on any atom is -0.467 e. The number of aromatic amines is 1. The van der Waals surface area contributed by atoms with Crippen molar-refractivity contribution < 1.29 is 19.1 Å². The zero-order valence-corrected chi connectivity index (χ0v) is 23.5. The molecule has 2 rings (SSSR count). The molecule has 38 heavy (non-hydrogen) atoms. The normalized spacial score (nSPS) is 17.1. The van der Waals surface area contributed by atoms with E-state index in [1.807, 2.05) is 25.2 Å². The van der Waals surface area contributed by atoms with E-state index in [9.17, 15) is 14.4 Å². The predicted octanol–water partition coefficient (Wildman–Crippen LogP) is 4.65. The Labute approximate surface area is 226 Å². The standard InChI is InChI=1S/C30H42N4O4/c1-21(12-13-25-23(3)11-8-15-30(25,4)5)9-7-10-22(2)17-28(36)32-16-14-27(35)34-26(29(37)38-6)18-24-19-31-20-33-24/h7,9-10,12-13,17,19-20,26H,8,11,14-16,18H2,1-6H3,(H,31,33)(H,32,36)(H,34,35)/b10-7+,13-12+,21-9+,22-17+/t26-/m0/s1. The van der Waals surface area contributed by atoms with Gasteiger partial charge in [-0.1, -0.05) is 55.4 Å². The summed E-state index contributed by atoms with van der Waals surface area (Å²) in [7, 11) is 1.27. The summed E-state index contributed by atoms with van der Waals surface area (Å²) in [4.78, 5) is 43.3. The molecule has 8 nitrogen and oxygen atoms in total. The van der Waals surface area contributed by atoms with Crippen molar-refractivity contribution >= 4 is 17.8 Å². The second kappa shape index (κ2) is 14.9. The zero-order chi connectivity index (χ0) is 28.1. The molecule has 8 heteroatoms. The summed E-state index contributed by atoms with van der Waals surface area (Å²) in [5.74, 6) is -1.20. The minimum atomic E-state index is -0.836. The number of H-pyrrole nitrogens is 1. The van der Waals surface area contributed by atoms with E-state index in [-0.39, 0.29) is 36.6 Å². The van der Waals surface area contributed by atoms with Gasteiger partial charge < -0.3 is 20.4 Å². The van der Waals surface area contributed by atoms with Gasteiger partial charge in [0.25, 0.3) is 0 Å². The molecule has 0 bridgehead atoms. The van der Waals surface area contributed by atoms with Crippen LogP contribution in [-0.4, -0.2) is 47.4 Å². The average molecular weight is 523 g/mol. The van der Waals surface area contributed by atoms with E-state index < -0.39 is 12.0 Å². The summed E-state index contributed by atoms with van der Waals surface area (Å²) in [6, 6.07) is -0.836. The first kappa shape index (κ1) is 30.5. The molecular formula is C30H42N4O4. The van der Waals surface area contributed by atoms with E-state index in [1.54, 1.807) is 6.20 Å². The van der Waals surface area contributed by atoms with Crippen LogP contribution >= 0.6 is 0 Å². The van der Waals surface area contributed by atoms with Gasteiger partial charge in [0, 0.05) is 37.4 Å². The Morgan fingerprint density at radius 3 is 2.63 bits per heavy atom. The van der Waals surface area contributed by atoms with E-state index in [2.05, 4.69) is 60.4 Å². The van der Waals surface area contributed by atoms with E-state index >= 15 is 0 Å². The number of hydrogen-bond donors (Lipinski definition) is 3. The van der Waals surface area contributed by atoms with E-state index in [0.717, 1.165) is 11.1 Å². The first-order valence-corrected chi connectivity index (χ1v) is 13.1. The molecule has 2 amide bonds. The van der Waals surface area contributed by atoms with Crippen LogP contribution in [0.4, 0.5) is 0 Å². The number of nitrogens with one attached hydrogen (secondary N) is 3. The summed E-state index contributed by atoms with van der Waals surface area (Å²) < 4.78 is 4.77. The molecule has 1 heterocycles. The topological polar surface area (TPSA) is 113 Å². The van der Waals surface area contributed by atoms with Crippen LogP contribution in [0.2, 0.25) is 0 Å². The second-order valence-electron chi connectivity index (χ2n) is 10.4. The molecule has 0 saturated heterocycles. The molecule has 0 aliphatic heterocycles. The fourth-order valence-electron chi connectivity index (χ4n) is 4.46. The molecule has 0 radical (unpaired) electrons. The van der Waals surface area contributed by atoms with E-state index in [1.165, 1.54) is 49.9 Å². The number of esters is 1. The summed E-state index contributed by atoms with van der Waals surface area (Å²) in [5, 5.41) is 5.34. The van der Waals surface area contributed by atoms with Crippen LogP contribution in [-0.2, 0) is 25.5 Å². The van der Waals surface area contributed by atoms with E-state index in [0.29, 0.717) is 5.69 Å². The third kappa shape index (κ3) is 10.4. The van der Waals surface area contributed by atoms with Crippen LogP contribution in [0, 0.1) is 5.41 Å². The summed E-state index contributed by atoms with van der Waals surface area (Å²) >= 11 is 0. The molecule has 1 aromatic rings. The molecule has 3 N–H and O–H groups in total. The van der Waals surface area contributed by atoms with Crippen LogP contribution in [0.1, 0.15) is 66.0 Å². The van der Waals surface area contributed by atoms with Crippen LogP contribution in [0.3, 0.4) is 0 Å². The third-order valence-electron chi connectivity index (χ3n) is 6.58. The lowest BCUT2D eigenvalue weighted by atomic mass is 9.72. The van der Waals surface area contributed by atoms with Gasteiger partial charge in [-0.05, 0) is 56.6 Å². The van der Waals surface area contributed by atoms with Gasteiger partial charge in [-0.25, -0.2) is 9.78 Å². The molecule has 0 saturated carbocycles. The highest BCUT2D eigenvalue weighted by atomic mass is 16.5. The average Bonchev–Trinajstić information content (AvgIpc) is 3.35. The lowest BCUT2D eigenvalue weighted by molar-refractivity contribution is -0.145. The number of methoxy groups -OCH3 is 1. The number of ether oxygens (including phenoxy) is 1. The van der Waals surface area contributed by atoms with Crippen molar-refractivity contribution in [1.29, 1.82) is 0 Å². The number of carbonyl (C=O) groups is 3. The predicted molar refractivity (Wildman–Crippen MR) is 150 cm³/mol. The summed E-state index contributed by atoms with van der Waals surface area (Å²) in [6.45, 7) is 10.9. The second-order valence-corrected chi connectivity index (χ2v) is 10.4. The third-order valence-corrected chi connectivity index (χ3v) is 6.58. The number of amides is 2. The number of rotatable bonds is 12. The fourth-order valence-corrected chi connectivity index (χ4v) is 4.46. The van der Waals surface area contributed by atoms with Gasteiger partial charge >= 0.3 is 5.97 Å². The lowest BCUT2D eigenvalue weighted by Crippen LogP contribution is -2.44. The number of carbonyl (C=O) groups excluding carboxylic acids is 3. The highest BCUT2D eigenvalue weighted by molar-refractivity contribution is 5.89. The van der Waals surface area contributed by atoms with Gasteiger partial charge in [-0.2, -0.15) is 0 Å². The van der Waals surface area contributed by atoms with Crippen LogP contribution < -0.4 is 10.6 Å². The molecule has 206 valence electrons. The zero-order valence-electron chi connectivity index (χ0n) is 23.5. The number of nitrogens with zero attached hydrogens (tertiary/aromatic N) is 1. The van der Waals surface area contributed by atoms with Crippen molar-refractivity contribution in [3.8, 4) is 0 Å². The maximum Gasteiger partial charge on any atom is 0.328 e. The molecule has 1 aliphatic carbocycles. The molecule has 1 atom stereocenters. The van der Waals surface area contributed by atoms with Crippen molar-refractivity contribution in [2.75, 3.05) is 13.7 Å². The van der Waals surface area contributed by atoms with Crippen molar-refractivity contribution in [3.63, 3.8) is 0 Å². The largest absolute Gasteiger partial charge is 0.467 e. The molecule has 0 fully saturated rings. The smallest absolute Gasteiger partial charge is 0.328 e. The number of hydrogen-bond acceptors (Lipinski definition) is 5. The Morgan fingerprint density at radius 1 is 1.21 bits per heavy atom.